The van der Waals surface area contributed by atoms with Crippen LogP contribution in [0.2, 0.25) is 0 Å². The SMILES string of the molecule is CC(C)Oc1nc(N2CCCCC2)ccc1N. The van der Waals surface area contributed by atoms with Gasteiger partial charge in [-0.25, -0.2) is 0 Å². The standard InChI is InChI=1S/C13H21N3O/c1-10(2)17-13-11(14)6-7-12(15-13)16-8-4-3-5-9-16/h6-7,10H,3-5,8-9,14H2,1-2H3. The summed E-state index contributed by atoms with van der Waals surface area (Å²) in [6.07, 6.45) is 3.90. The third-order valence-corrected chi connectivity index (χ3v) is 2.90. The van der Waals surface area contributed by atoms with Crippen LogP contribution in [0.5, 0.6) is 5.88 Å². The number of nitrogens with zero attached hydrogens (tertiary/aromatic N) is 2. The molecule has 2 heterocycles. The fraction of sp³-hybridized carbons (Fsp3) is 0.615. The highest BCUT2D eigenvalue weighted by Crippen LogP contribution is 2.25. The van der Waals surface area contributed by atoms with Crippen molar-refractivity contribution < 1.29 is 4.74 Å². The Kier molecular flexibility index (Phi) is 3.71. The minimum Gasteiger partial charge on any atom is -0.473 e. The first-order valence-electron chi connectivity index (χ1n) is 6.35. The van der Waals surface area contributed by atoms with Crippen LogP contribution in [-0.4, -0.2) is 24.2 Å². The molecule has 2 rings (SSSR count). The molecule has 0 amide bonds. The highest BCUT2D eigenvalue weighted by molar-refractivity contribution is 5.54. The molecule has 1 aromatic heterocycles. The van der Waals surface area contributed by atoms with Gasteiger partial charge in [0.15, 0.2) is 0 Å². The minimum absolute atomic E-state index is 0.0985. The Hall–Kier alpha value is -1.45. The van der Waals surface area contributed by atoms with Gasteiger partial charge in [-0.2, -0.15) is 4.98 Å². The van der Waals surface area contributed by atoms with E-state index in [1.165, 1.54) is 19.3 Å². The van der Waals surface area contributed by atoms with Crippen molar-refractivity contribution in [2.24, 2.45) is 0 Å². The van der Waals surface area contributed by atoms with Gasteiger partial charge in [-0.3, -0.25) is 0 Å². The normalized spacial score (nSPS) is 16.3. The van der Waals surface area contributed by atoms with Crippen LogP contribution in [0, 0.1) is 0 Å². The summed E-state index contributed by atoms with van der Waals surface area (Å²) in [7, 11) is 0. The van der Waals surface area contributed by atoms with Gasteiger partial charge >= 0.3 is 0 Å². The maximum Gasteiger partial charge on any atom is 0.239 e. The maximum atomic E-state index is 5.86. The van der Waals surface area contributed by atoms with Crippen LogP contribution in [0.3, 0.4) is 0 Å². The maximum absolute atomic E-state index is 5.86. The number of hydrogen-bond donors (Lipinski definition) is 1. The number of pyridine rings is 1. The van der Waals surface area contributed by atoms with E-state index in [4.69, 9.17) is 10.5 Å². The zero-order valence-corrected chi connectivity index (χ0v) is 10.6. The van der Waals surface area contributed by atoms with Gasteiger partial charge < -0.3 is 15.4 Å². The number of nitrogen functional groups attached to an aromatic ring is 1. The van der Waals surface area contributed by atoms with Gasteiger partial charge in [0.05, 0.1) is 11.8 Å². The molecule has 0 atom stereocenters. The van der Waals surface area contributed by atoms with Gasteiger partial charge in [0.2, 0.25) is 5.88 Å². The lowest BCUT2D eigenvalue weighted by Gasteiger charge is -2.28. The molecule has 0 spiro atoms. The third-order valence-electron chi connectivity index (χ3n) is 2.90. The topological polar surface area (TPSA) is 51.4 Å². The molecule has 1 aliphatic rings. The number of nitrogens with two attached hydrogens (primary N) is 1. The third kappa shape index (κ3) is 3.02. The zero-order chi connectivity index (χ0) is 12.3. The molecule has 1 fully saturated rings. The molecule has 1 aliphatic heterocycles. The Bertz CT molecular complexity index is 373. The highest BCUT2D eigenvalue weighted by Gasteiger charge is 2.14. The first-order valence-corrected chi connectivity index (χ1v) is 6.35. The van der Waals surface area contributed by atoms with Gasteiger partial charge in [0.1, 0.15) is 5.82 Å². The van der Waals surface area contributed by atoms with Crippen LogP contribution in [0.15, 0.2) is 12.1 Å². The quantitative estimate of drug-likeness (QED) is 0.874. The number of hydrogen-bond acceptors (Lipinski definition) is 4. The number of aromatic nitrogens is 1. The largest absolute Gasteiger partial charge is 0.473 e. The van der Waals surface area contributed by atoms with E-state index >= 15 is 0 Å². The number of anilines is 2. The van der Waals surface area contributed by atoms with Gasteiger partial charge in [0, 0.05) is 13.1 Å². The predicted molar refractivity (Wildman–Crippen MR) is 70.5 cm³/mol. The first-order chi connectivity index (χ1) is 8.16. The second-order valence-corrected chi connectivity index (χ2v) is 4.78. The molecule has 1 aromatic rings. The fourth-order valence-corrected chi connectivity index (χ4v) is 2.06. The number of piperidine rings is 1. The van der Waals surface area contributed by atoms with E-state index in [-0.39, 0.29) is 6.10 Å². The van der Waals surface area contributed by atoms with Crippen molar-refractivity contribution in [2.75, 3.05) is 23.7 Å². The van der Waals surface area contributed by atoms with Crippen LogP contribution in [-0.2, 0) is 0 Å². The summed E-state index contributed by atoms with van der Waals surface area (Å²) < 4.78 is 5.61. The van der Waals surface area contributed by atoms with E-state index in [9.17, 15) is 0 Å². The molecule has 1 saturated heterocycles. The summed E-state index contributed by atoms with van der Waals surface area (Å²) in [4.78, 5) is 6.82. The van der Waals surface area contributed by atoms with Gasteiger partial charge in [-0.05, 0) is 45.2 Å². The van der Waals surface area contributed by atoms with E-state index in [2.05, 4.69) is 9.88 Å². The molecule has 0 unspecified atom stereocenters. The molecule has 4 nitrogen and oxygen atoms in total. The van der Waals surface area contributed by atoms with Crippen molar-refractivity contribution >= 4 is 11.5 Å². The molecule has 0 saturated carbocycles. The average Bonchev–Trinajstić information content (AvgIpc) is 2.32. The average molecular weight is 235 g/mol. The highest BCUT2D eigenvalue weighted by atomic mass is 16.5. The van der Waals surface area contributed by atoms with Crippen molar-refractivity contribution in [2.45, 2.75) is 39.2 Å². The molecule has 2 N–H and O–H groups in total. The Balaban J connectivity index is 2.17. The Labute approximate surface area is 103 Å². The molecule has 0 aromatic carbocycles. The van der Waals surface area contributed by atoms with Crippen molar-refractivity contribution in [1.29, 1.82) is 0 Å². The summed E-state index contributed by atoms with van der Waals surface area (Å²) in [5, 5.41) is 0. The molecule has 0 bridgehead atoms. The number of ether oxygens (including phenoxy) is 1. The Morgan fingerprint density at radius 1 is 1.24 bits per heavy atom. The van der Waals surface area contributed by atoms with E-state index in [0.717, 1.165) is 18.9 Å². The smallest absolute Gasteiger partial charge is 0.239 e. The van der Waals surface area contributed by atoms with E-state index in [0.29, 0.717) is 11.6 Å². The summed E-state index contributed by atoms with van der Waals surface area (Å²) in [5.41, 5.74) is 6.47. The van der Waals surface area contributed by atoms with Crippen molar-refractivity contribution in [1.82, 2.24) is 4.98 Å². The first kappa shape index (κ1) is 12.0. The van der Waals surface area contributed by atoms with Crippen LogP contribution < -0.4 is 15.4 Å². The summed E-state index contributed by atoms with van der Waals surface area (Å²) >= 11 is 0. The molecule has 0 aliphatic carbocycles. The number of rotatable bonds is 3. The second kappa shape index (κ2) is 5.25. The monoisotopic (exact) mass is 235 g/mol. The van der Waals surface area contributed by atoms with Crippen molar-refractivity contribution in [3.8, 4) is 5.88 Å². The van der Waals surface area contributed by atoms with E-state index in [1.54, 1.807) is 0 Å². The molecular formula is C13H21N3O. The van der Waals surface area contributed by atoms with Crippen LogP contribution >= 0.6 is 0 Å². The lowest BCUT2D eigenvalue weighted by atomic mass is 10.1. The fourth-order valence-electron chi connectivity index (χ4n) is 2.06. The molecule has 0 radical (unpaired) electrons. The zero-order valence-electron chi connectivity index (χ0n) is 10.6. The van der Waals surface area contributed by atoms with Crippen LogP contribution in [0.4, 0.5) is 11.5 Å². The lowest BCUT2D eigenvalue weighted by Crippen LogP contribution is -2.30. The Morgan fingerprint density at radius 3 is 2.59 bits per heavy atom. The summed E-state index contributed by atoms with van der Waals surface area (Å²) in [6, 6.07) is 3.86. The predicted octanol–water partition coefficient (Wildman–Crippen LogP) is 2.44. The van der Waals surface area contributed by atoms with E-state index in [1.807, 2.05) is 26.0 Å². The van der Waals surface area contributed by atoms with Crippen LogP contribution in [0.25, 0.3) is 0 Å². The molecule has 4 heteroatoms. The molecular weight excluding hydrogens is 214 g/mol. The van der Waals surface area contributed by atoms with Gasteiger partial charge in [-0.1, -0.05) is 0 Å². The van der Waals surface area contributed by atoms with Crippen molar-refractivity contribution in [3.05, 3.63) is 12.1 Å². The van der Waals surface area contributed by atoms with Crippen molar-refractivity contribution in [3.63, 3.8) is 0 Å². The summed E-state index contributed by atoms with van der Waals surface area (Å²) in [6.45, 7) is 6.12. The molecule has 17 heavy (non-hydrogen) atoms. The lowest BCUT2D eigenvalue weighted by molar-refractivity contribution is 0.234. The van der Waals surface area contributed by atoms with Gasteiger partial charge in [0.25, 0.3) is 0 Å². The Morgan fingerprint density at radius 2 is 1.94 bits per heavy atom. The van der Waals surface area contributed by atoms with E-state index < -0.39 is 0 Å². The molecule has 94 valence electrons. The second-order valence-electron chi connectivity index (χ2n) is 4.78. The van der Waals surface area contributed by atoms with Crippen LogP contribution in [0.1, 0.15) is 33.1 Å². The minimum atomic E-state index is 0.0985. The summed E-state index contributed by atoms with van der Waals surface area (Å²) in [5.74, 6) is 1.54. The van der Waals surface area contributed by atoms with Gasteiger partial charge in [-0.15, -0.1) is 0 Å².